The van der Waals surface area contributed by atoms with Gasteiger partial charge in [-0.25, -0.2) is 0 Å². The fraction of sp³-hybridized carbons (Fsp3) is 0.300. The number of fused-ring (bicyclic) bond motifs is 1. The van der Waals surface area contributed by atoms with Crippen molar-refractivity contribution in [3.05, 3.63) is 57.4 Å². The van der Waals surface area contributed by atoms with Crippen molar-refractivity contribution in [2.24, 2.45) is 4.99 Å². The van der Waals surface area contributed by atoms with E-state index in [0.29, 0.717) is 10.4 Å². The van der Waals surface area contributed by atoms with E-state index in [1.54, 1.807) is 7.11 Å². The molecule has 0 unspecified atom stereocenters. The predicted octanol–water partition coefficient (Wildman–Crippen LogP) is 4.40. The molecule has 4 nitrogen and oxygen atoms in total. The van der Waals surface area contributed by atoms with Crippen molar-refractivity contribution in [1.29, 1.82) is 0 Å². The summed E-state index contributed by atoms with van der Waals surface area (Å²) in [6, 6.07) is 9.70. The van der Waals surface area contributed by atoms with Crippen LogP contribution in [0.3, 0.4) is 0 Å². The van der Waals surface area contributed by atoms with Gasteiger partial charge in [-0.1, -0.05) is 23.5 Å². The van der Waals surface area contributed by atoms with Gasteiger partial charge in [0, 0.05) is 12.1 Å². The van der Waals surface area contributed by atoms with Crippen molar-refractivity contribution in [2.75, 3.05) is 7.11 Å². The quantitative estimate of drug-likeness (QED) is 0.700. The number of carbonyl (C=O) groups excluding carboxylic acids is 1. The van der Waals surface area contributed by atoms with Crippen LogP contribution in [0.4, 0.5) is 0 Å². The maximum absolute atomic E-state index is 12.7. The molecule has 0 saturated heterocycles. The second-order valence-electron chi connectivity index (χ2n) is 6.11. The average molecular weight is 354 g/mol. The highest BCUT2D eigenvalue weighted by molar-refractivity contribution is 7.16. The number of aryl methyl sites for hydroxylation is 4. The molecule has 0 spiro atoms. The zero-order chi connectivity index (χ0) is 18.1. The lowest BCUT2D eigenvalue weighted by Gasteiger charge is -2.07. The first-order valence-electron chi connectivity index (χ1n) is 8.29. The number of benzene rings is 2. The van der Waals surface area contributed by atoms with Gasteiger partial charge in [-0.15, -0.1) is 0 Å². The summed E-state index contributed by atoms with van der Waals surface area (Å²) in [4.78, 5) is 17.8. The SMILES string of the molecule is CCn1c(=NC(=O)c2ccc(C)c(C)c2)sc2c(C)ccc(OC)c21. The van der Waals surface area contributed by atoms with Gasteiger partial charge in [0.05, 0.1) is 11.8 Å². The minimum atomic E-state index is -0.214. The van der Waals surface area contributed by atoms with Gasteiger partial charge in [0.2, 0.25) is 0 Å². The van der Waals surface area contributed by atoms with Gasteiger partial charge in [0.1, 0.15) is 11.3 Å². The molecular weight excluding hydrogens is 332 g/mol. The molecule has 3 aromatic rings. The highest BCUT2D eigenvalue weighted by Gasteiger charge is 2.14. The fourth-order valence-electron chi connectivity index (χ4n) is 2.85. The fourth-order valence-corrected chi connectivity index (χ4v) is 4.03. The number of thiazole rings is 1. The van der Waals surface area contributed by atoms with Gasteiger partial charge in [0.25, 0.3) is 5.91 Å². The van der Waals surface area contributed by atoms with Crippen LogP contribution in [0.25, 0.3) is 10.2 Å². The predicted molar refractivity (Wildman–Crippen MR) is 103 cm³/mol. The van der Waals surface area contributed by atoms with Crippen molar-refractivity contribution in [3.8, 4) is 5.75 Å². The van der Waals surface area contributed by atoms with Gasteiger partial charge >= 0.3 is 0 Å². The van der Waals surface area contributed by atoms with Crippen LogP contribution in [0.1, 0.15) is 34.0 Å². The number of ether oxygens (including phenoxy) is 1. The topological polar surface area (TPSA) is 43.6 Å². The molecule has 1 amide bonds. The van der Waals surface area contributed by atoms with Crippen molar-refractivity contribution < 1.29 is 9.53 Å². The van der Waals surface area contributed by atoms with Crippen LogP contribution >= 0.6 is 11.3 Å². The zero-order valence-corrected chi connectivity index (χ0v) is 16.0. The summed E-state index contributed by atoms with van der Waals surface area (Å²) in [6.45, 7) is 8.87. The molecule has 0 fully saturated rings. The van der Waals surface area contributed by atoms with E-state index in [1.165, 1.54) is 16.9 Å². The Labute approximate surface area is 151 Å². The normalized spacial score (nSPS) is 12.0. The lowest BCUT2D eigenvalue weighted by Crippen LogP contribution is -2.16. The number of amides is 1. The summed E-state index contributed by atoms with van der Waals surface area (Å²) in [6.07, 6.45) is 0. The maximum Gasteiger partial charge on any atom is 0.279 e. The van der Waals surface area contributed by atoms with Crippen molar-refractivity contribution in [1.82, 2.24) is 4.57 Å². The van der Waals surface area contributed by atoms with Crippen LogP contribution in [-0.4, -0.2) is 17.6 Å². The van der Waals surface area contributed by atoms with Gasteiger partial charge in [-0.2, -0.15) is 4.99 Å². The van der Waals surface area contributed by atoms with Crippen LogP contribution in [-0.2, 0) is 6.54 Å². The number of hydrogen-bond acceptors (Lipinski definition) is 3. The maximum atomic E-state index is 12.7. The lowest BCUT2D eigenvalue weighted by molar-refractivity contribution is 0.0997. The molecule has 0 N–H and O–H groups in total. The molecule has 0 atom stereocenters. The minimum absolute atomic E-state index is 0.214. The van der Waals surface area contributed by atoms with E-state index < -0.39 is 0 Å². The van der Waals surface area contributed by atoms with Gasteiger partial charge < -0.3 is 9.30 Å². The van der Waals surface area contributed by atoms with Crippen LogP contribution in [0, 0.1) is 20.8 Å². The molecule has 0 aliphatic heterocycles. The van der Waals surface area contributed by atoms with E-state index in [0.717, 1.165) is 33.6 Å². The molecule has 25 heavy (non-hydrogen) atoms. The summed E-state index contributed by atoms with van der Waals surface area (Å²) in [5, 5.41) is 0. The smallest absolute Gasteiger partial charge is 0.279 e. The third-order valence-corrected chi connectivity index (χ3v) is 5.69. The lowest BCUT2D eigenvalue weighted by atomic mass is 10.1. The highest BCUT2D eigenvalue weighted by Crippen LogP contribution is 2.30. The van der Waals surface area contributed by atoms with Crippen LogP contribution < -0.4 is 9.54 Å². The number of carbonyl (C=O) groups is 1. The Hall–Kier alpha value is -2.40. The summed E-state index contributed by atoms with van der Waals surface area (Å²) in [5.41, 5.74) is 5.04. The zero-order valence-electron chi connectivity index (χ0n) is 15.2. The Morgan fingerprint density at radius 2 is 1.84 bits per heavy atom. The van der Waals surface area contributed by atoms with E-state index in [2.05, 4.69) is 11.9 Å². The third-order valence-electron chi connectivity index (χ3n) is 4.47. The summed E-state index contributed by atoms with van der Waals surface area (Å²) in [7, 11) is 1.67. The molecule has 1 aromatic heterocycles. The first kappa shape index (κ1) is 17.4. The highest BCUT2D eigenvalue weighted by atomic mass is 32.1. The molecule has 0 aliphatic rings. The van der Waals surface area contributed by atoms with Crippen molar-refractivity contribution in [3.63, 3.8) is 0 Å². The van der Waals surface area contributed by atoms with Crippen LogP contribution in [0.5, 0.6) is 5.75 Å². The van der Waals surface area contributed by atoms with Crippen molar-refractivity contribution >= 4 is 27.5 Å². The van der Waals surface area contributed by atoms with Gasteiger partial charge in [0.15, 0.2) is 4.80 Å². The molecule has 0 aliphatic carbocycles. The molecule has 2 aromatic carbocycles. The van der Waals surface area contributed by atoms with E-state index in [4.69, 9.17) is 4.74 Å². The molecule has 0 bridgehead atoms. The first-order chi connectivity index (χ1) is 12.0. The Balaban J connectivity index is 2.20. The van der Waals surface area contributed by atoms with E-state index >= 15 is 0 Å². The molecule has 0 radical (unpaired) electrons. The number of methoxy groups -OCH3 is 1. The van der Waals surface area contributed by atoms with E-state index in [1.807, 2.05) is 55.7 Å². The Morgan fingerprint density at radius 3 is 2.48 bits per heavy atom. The molecule has 5 heteroatoms. The Bertz CT molecular complexity index is 1030. The van der Waals surface area contributed by atoms with E-state index in [-0.39, 0.29) is 5.91 Å². The molecular formula is C20H22N2O2S. The van der Waals surface area contributed by atoms with Gasteiger partial charge in [-0.05, 0) is 62.6 Å². The number of hydrogen-bond donors (Lipinski definition) is 0. The standard InChI is InChI=1S/C20H22N2O2S/c1-6-22-17-16(24-5)10-8-13(3)18(17)25-20(22)21-19(23)15-9-7-12(2)14(4)11-15/h7-11H,6H2,1-5H3. The first-order valence-corrected chi connectivity index (χ1v) is 9.11. The summed E-state index contributed by atoms with van der Waals surface area (Å²) in [5.74, 6) is 0.590. The largest absolute Gasteiger partial charge is 0.495 e. The second kappa shape index (κ2) is 6.84. The van der Waals surface area contributed by atoms with Gasteiger partial charge in [-0.3, -0.25) is 4.79 Å². The van der Waals surface area contributed by atoms with Crippen molar-refractivity contribution in [2.45, 2.75) is 34.2 Å². The molecule has 3 rings (SSSR count). The molecule has 1 heterocycles. The molecule has 130 valence electrons. The van der Waals surface area contributed by atoms with Crippen LogP contribution in [0.15, 0.2) is 35.3 Å². The van der Waals surface area contributed by atoms with E-state index in [9.17, 15) is 4.79 Å². The minimum Gasteiger partial charge on any atom is -0.495 e. The number of nitrogens with zero attached hydrogens (tertiary/aromatic N) is 2. The Morgan fingerprint density at radius 1 is 1.12 bits per heavy atom. The number of aromatic nitrogens is 1. The monoisotopic (exact) mass is 354 g/mol. The Kier molecular flexibility index (Phi) is 4.77. The number of rotatable bonds is 3. The molecule has 0 saturated carbocycles. The summed E-state index contributed by atoms with van der Waals surface area (Å²) < 4.78 is 8.67. The average Bonchev–Trinajstić information content (AvgIpc) is 2.96. The summed E-state index contributed by atoms with van der Waals surface area (Å²) >= 11 is 1.53. The second-order valence-corrected chi connectivity index (χ2v) is 7.08. The third kappa shape index (κ3) is 3.12. The van der Waals surface area contributed by atoms with Crippen LogP contribution in [0.2, 0.25) is 0 Å².